The fraction of sp³-hybridized carbons (Fsp3) is 0.667. The average molecular weight is 279 g/mol. The van der Waals surface area contributed by atoms with Gasteiger partial charge in [-0.15, -0.1) is 0 Å². The Morgan fingerprint density at radius 1 is 1.33 bits per heavy atom. The topological polar surface area (TPSA) is 45.4 Å². The number of alkyl halides is 2. The summed E-state index contributed by atoms with van der Waals surface area (Å²) in [6, 6.07) is 3.48. The zero-order valence-electron chi connectivity index (χ0n) is 10.5. The highest BCUT2D eigenvalue weighted by Crippen LogP contribution is 2.21. The molecular formula is C12H19F2NO2S. The smallest absolute Gasteiger partial charge is 0.284 e. The second-order valence-electron chi connectivity index (χ2n) is 4.35. The van der Waals surface area contributed by atoms with Gasteiger partial charge in [-0.3, -0.25) is 0 Å². The van der Waals surface area contributed by atoms with Gasteiger partial charge in [0.15, 0.2) is 0 Å². The molecule has 18 heavy (non-hydrogen) atoms. The second-order valence-corrected chi connectivity index (χ2v) is 5.33. The number of hydrogen-bond donors (Lipinski definition) is 2. The minimum atomic E-state index is -2.38. The van der Waals surface area contributed by atoms with Gasteiger partial charge in [0.1, 0.15) is 11.5 Å². The van der Waals surface area contributed by atoms with Gasteiger partial charge in [0.05, 0.1) is 18.9 Å². The van der Waals surface area contributed by atoms with Crippen LogP contribution >= 0.6 is 11.8 Å². The first kappa shape index (κ1) is 15.5. The molecule has 1 aromatic rings. The molecule has 0 bridgehead atoms. The lowest BCUT2D eigenvalue weighted by Gasteiger charge is -2.19. The Balaban J connectivity index is 2.39. The maximum atomic E-state index is 12.0. The van der Waals surface area contributed by atoms with Crippen molar-refractivity contribution in [1.29, 1.82) is 0 Å². The van der Waals surface area contributed by atoms with Gasteiger partial charge in [-0.25, -0.2) is 0 Å². The molecule has 0 aliphatic rings. The normalized spacial score (nSPS) is 13.5. The Bertz CT molecular complexity index is 345. The quantitative estimate of drug-likeness (QED) is 0.768. The van der Waals surface area contributed by atoms with E-state index < -0.39 is 5.76 Å². The largest absolute Gasteiger partial charge is 0.464 e. The Morgan fingerprint density at radius 2 is 2.00 bits per heavy atom. The molecule has 104 valence electrons. The number of aliphatic hydroxyl groups is 1. The fourth-order valence-electron chi connectivity index (χ4n) is 1.48. The average Bonchev–Trinajstić information content (AvgIpc) is 2.75. The van der Waals surface area contributed by atoms with Gasteiger partial charge in [0.2, 0.25) is 0 Å². The van der Waals surface area contributed by atoms with Crippen LogP contribution in [0.4, 0.5) is 8.78 Å². The van der Waals surface area contributed by atoms with Crippen molar-refractivity contribution in [3.05, 3.63) is 23.7 Å². The van der Waals surface area contributed by atoms with Crippen LogP contribution in [0.25, 0.3) is 0 Å². The summed E-state index contributed by atoms with van der Waals surface area (Å²) < 4.78 is 29.4. The van der Waals surface area contributed by atoms with E-state index in [1.165, 1.54) is 0 Å². The van der Waals surface area contributed by atoms with Gasteiger partial charge in [0, 0.05) is 6.04 Å². The molecule has 0 fully saturated rings. The zero-order valence-corrected chi connectivity index (χ0v) is 11.3. The van der Waals surface area contributed by atoms with Crippen LogP contribution in [0.5, 0.6) is 0 Å². The summed E-state index contributed by atoms with van der Waals surface area (Å²) in [6.45, 7) is 4.58. The van der Waals surface area contributed by atoms with E-state index >= 15 is 0 Å². The summed E-state index contributed by atoms with van der Waals surface area (Å²) >= 11 is 0.544. The molecule has 0 saturated carbocycles. The highest BCUT2D eigenvalue weighted by Gasteiger charge is 2.12. The molecule has 1 heterocycles. The number of aliphatic hydroxyl groups excluding tert-OH is 1. The summed E-state index contributed by atoms with van der Waals surface area (Å²) in [5, 5.41) is 12.3. The molecule has 3 nitrogen and oxygen atoms in total. The SMILES string of the molecule is CC(C)C(CO)NCc1ccc(CSC(F)F)o1. The third kappa shape index (κ3) is 5.37. The van der Waals surface area contributed by atoms with E-state index in [1.807, 2.05) is 13.8 Å². The molecule has 6 heteroatoms. The molecule has 1 rings (SSSR count). The predicted octanol–water partition coefficient (Wildman–Crippen LogP) is 2.84. The van der Waals surface area contributed by atoms with Gasteiger partial charge < -0.3 is 14.8 Å². The van der Waals surface area contributed by atoms with Crippen LogP contribution in [-0.4, -0.2) is 23.5 Å². The Morgan fingerprint density at radius 3 is 2.56 bits per heavy atom. The third-order valence-corrected chi connectivity index (χ3v) is 3.31. The highest BCUT2D eigenvalue weighted by atomic mass is 32.2. The third-order valence-electron chi connectivity index (χ3n) is 2.61. The molecule has 0 radical (unpaired) electrons. The van der Waals surface area contributed by atoms with Crippen molar-refractivity contribution in [1.82, 2.24) is 5.32 Å². The Labute approximate surface area is 110 Å². The van der Waals surface area contributed by atoms with Crippen LogP contribution in [0.2, 0.25) is 0 Å². The van der Waals surface area contributed by atoms with Gasteiger partial charge in [-0.05, 0) is 18.1 Å². The molecule has 0 aliphatic heterocycles. The van der Waals surface area contributed by atoms with Gasteiger partial charge in [0.25, 0.3) is 5.76 Å². The van der Waals surface area contributed by atoms with E-state index in [-0.39, 0.29) is 18.4 Å². The summed E-state index contributed by atoms with van der Waals surface area (Å²) in [5.74, 6) is -0.651. The first-order chi connectivity index (χ1) is 8.52. The van der Waals surface area contributed by atoms with Gasteiger partial charge in [-0.1, -0.05) is 25.6 Å². The maximum absolute atomic E-state index is 12.0. The molecule has 1 unspecified atom stereocenters. The van der Waals surface area contributed by atoms with Gasteiger partial charge in [-0.2, -0.15) is 8.78 Å². The number of furan rings is 1. The van der Waals surface area contributed by atoms with Crippen molar-refractivity contribution < 1.29 is 18.3 Å². The summed E-state index contributed by atoms with van der Waals surface area (Å²) in [5.41, 5.74) is 0. The fourth-order valence-corrected chi connectivity index (χ4v) is 1.93. The van der Waals surface area contributed by atoms with Crippen molar-refractivity contribution in [2.24, 2.45) is 5.92 Å². The van der Waals surface area contributed by atoms with E-state index in [0.29, 0.717) is 35.7 Å². The van der Waals surface area contributed by atoms with Crippen molar-refractivity contribution >= 4 is 11.8 Å². The molecule has 1 aromatic heterocycles. The van der Waals surface area contributed by atoms with E-state index in [1.54, 1.807) is 12.1 Å². The number of rotatable bonds is 8. The number of thioether (sulfide) groups is 1. The summed E-state index contributed by atoms with van der Waals surface area (Å²) in [6.07, 6.45) is 0. The molecule has 1 atom stereocenters. The standard InChI is InChI=1S/C12H19F2NO2S/c1-8(2)11(6-16)15-5-9-3-4-10(17-9)7-18-12(13)14/h3-4,8,11-12,15-16H,5-7H2,1-2H3. The Kier molecular flexibility index (Phi) is 6.67. The molecule has 2 N–H and O–H groups in total. The van der Waals surface area contributed by atoms with Crippen LogP contribution in [0.15, 0.2) is 16.5 Å². The number of hydrogen-bond acceptors (Lipinski definition) is 4. The molecule has 0 saturated heterocycles. The maximum Gasteiger partial charge on any atom is 0.284 e. The highest BCUT2D eigenvalue weighted by molar-refractivity contribution is 7.98. The predicted molar refractivity (Wildman–Crippen MR) is 68.6 cm³/mol. The van der Waals surface area contributed by atoms with Gasteiger partial charge >= 0.3 is 0 Å². The van der Waals surface area contributed by atoms with Crippen molar-refractivity contribution in [3.63, 3.8) is 0 Å². The first-order valence-corrected chi connectivity index (χ1v) is 6.89. The summed E-state index contributed by atoms with van der Waals surface area (Å²) in [7, 11) is 0. The molecular weight excluding hydrogens is 260 g/mol. The minimum absolute atomic E-state index is 0.00832. The van der Waals surface area contributed by atoms with Crippen LogP contribution in [-0.2, 0) is 12.3 Å². The zero-order chi connectivity index (χ0) is 13.5. The van der Waals surface area contributed by atoms with Crippen LogP contribution in [0.3, 0.4) is 0 Å². The molecule has 0 aliphatic carbocycles. The summed E-state index contributed by atoms with van der Waals surface area (Å²) in [4.78, 5) is 0. The van der Waals surface area contributed by atoms with Crippen LogP contribution in [0.1, 0.15) is 25.4 Å². The number of nitrogens with one attached hydrogen (secondary N) is 1. The number of halogens is 2. The molecule has 0 amide bonds. The van der Waals surface area contributed by atoms with E-state index in [0.717, 1.165) is 0 Å². The second kappa shape index (κ2) is 7.76. The van der Waals surface area contributed by atoms with Crippen LogP contribution < -0.4 is 5.32 Å². The molecule has 0 spiro atoms. The monoisotopic (exact) mass is 279 g/mol. The van der Waals surface area contributed by atoms with E-state index in [4.69, 9.17) is 9.52 Å². The van der Waals surface area contributed by atoms with Crippen LogP contribution in [0, 0.1) is 5.92 Å². The van der Waals surface area contributed by atoms with Crippen molar-refractivity contribution in [3.8, 4) is 0 Å². The van der Waals surface area contributed by atoms with Crippen molar-refractivity contribution in [2.75, 3.05) is 6.61 Å². The Hall–Kier alpha value is -0.590. The first-order valence-electron chi connectivity index (χ1n) is 5.84. The molecule has 0 aromatic carbocycles. The lowest BCUT2D eigenvalue weighted by Crippen LogP contribution is -2.36. The van der Waals surface area contributed by atoms with Crippen molar-refractivity contribution in [2.45, 2.75) is 37.9 Å². The van der Waals surface area contributed by atoms with E-state index in [2.05, 4.69) is 5.32 Å². The minimum Gasteiger partial charge on any atom is -0.464 e. The van der Waals surface area contributed by atoms with E-state index in [9.17, 15) is 8.78 Å². The lowest BCUT2D eigenvalue weighted by atomic mass is 10.1. The lowest BCUT2D eigenvalue weighted by molar-refractivity contribution is 0.207.